The second-order valence-electron chi connectivity index (χ2n) is 6.47. The minimum absolute atomic E-state index is 0.0113. The van der Waals surface area contributed by atoms with Crippen molar-refractivity contribution in [1.29, 1.82) is 5.26 Å². The van der Waals surface area contributed by atoms with Crippen LogP contribution >= 0.6 is 0 Å². The van der Waals surface area contributed by atoms with Crippen LogP contribution < -0.4 is 10.1 Å². The van der Waals surface area contributed by atoms with Gasteiger partial charge in [0.15, 0.2) is 6.61 Å². The number of nitrogens with zero attached hydrogens (tertiary/aromatic N) is 1. The maximum absolute atomic E-state index is 12.4. The van der Waals surface area contributed by atoms with Crippen LogP contribution in [-0.2, 0) is 20.7 Å². The van der Waals surface area contributed by atoms with Crippen LogP contribution in [0.25, 0.3) is 17.0 Å². The topological polar surface area (TPSA) is 104 Å². The number of fused-ring (bicyclic) bond motifs is 1. The highest BCUT2D eigenvalue weighted by Gasteiger charge is 2.10. The fraction of sp³-hybridized carbons (Fsp3) is 0.174. The highest BCUT2D eigenvalue weighted by molar-refractivity contribution is 6.01. The van der Waals surface area contributed by atoms with Crippen LogP contribution in [0.5, 0.6) is 5.75 Å². The first kappa shape index (κ1) is 20.7. The van der Waals surface area contributed by atoms with Crippen molar-refractivity contribution in [3.8, 4) is 11.8 Å². The van der Waals surface area contributed by atoms with Crippen molar-refractivity contribution < 1.29 is 19.1 Å². The number of carbonyl (C=O) groups is 2. The van der Waals surface area contributed by atoms with Gasteiger partial charge in [-0.1, -0.05) is 30.3 Å². The first-order chi connectivity index (χ1) is 14.6. The van der Waals surface area contributed by atoms with Crippen LogP contribution in [0.3, 0.4) is 0 Å². The lowest BCUT2D eigenvalue weighted by Crippen LogP contribution is -2.26. The number of benzene rings is 2. The van der Waals surface area contributed by atoms with Gasteiger partial charge in [-0.25, -0.2) is 4.79 Å². The van der Waals surface area contributed by atoms with Gasteiger partial charge in [0.25, 0.3) is 5.91 Å². The molecule has 0 aliphatic carbocycles. The van der Waals surface area contributed by atoms with E-state index in [0.717, 1.165) is 16.5 Å². The quantitative estimate of drug-likeness (QED) is 0.342. The summed E-state index contributed by atoms with van der Waals surface area (Å²) in [6.07, 6.45) is 4.09. The number of H-pyrrole nitrogens is 1. The highest BCUT2D eigenvalue weighted by Crippen LogP contribution is 2.18. The van der Waals surface area contributed by atoms with Crippen molar-refractivity contribution in [3.63, 3.8) is 0 Å². The molecule has 0 bridgehead atoms. The Hall–Kier alpha value is -4.05. The summed E-state index contributed by atoms with van der Waals surface area (Å²) in [4.78, 5) is 26.7. The molecular weight excluding hydrogens is 382 g/mol. The third kappa shape index (κ3) is 5.26. The van der Waals surface area contributed by atoms with E-state index in [1.54, 1.807) is 24.3 Å². The molecule has 0 saturated heterocycles. The largest absolute Gasteiger partial charge is 0.482 e. The monoisotopic (exact) mass is 403 g/mol. The summed E-state index contributed by atoms with van der Waals surface area (Å²) in [5, 5.41) is 13.3. The van der Waals surface area contributed by atoms with Crippen molar-refractivity contribution in [2.24, 2.45) is 0 Å². The Kier molecular flexibility index (Phi) is 6.85. The molecule has 30 heavy (non-hydrogen) atoms. The van der Waals surface area contributed by atoms with Crippen LogP contribution in [-0.4, -0.2) is 37.1 Å². The summed E-state index contributed by atoms with van der Waals surface area (Å²) >= 11 is 0. The van der Waals surface area contributed by atoms with Gasteiger partial charge in [0.05, 0.1) is 7.11 Å². The minimum atomic E-state index is -0.477. The standard InChI is InChI=1S/C23H21N3O4/c1-29-22(27)15-30-19-8-6-16(7-9-19)12-18(13-24)23(28)25-11-10-17-14-26-21-5-3-2-4-20(17)21/h2-9,12,14,26H,10-11,15H2,1H3,(H,25,28)/b18-12-. The number of methoxy groups -OCH3 is 1. The molecule has 152 valence electrons. The normalized spacial score (nSPS) is 11.0. The lowest BCUT2D eigenvalue weighted by molar-refractivity contribution is -0.142. The molecule has 0 saturated carbocycles. The minimum Gasteiger partial charge on any atom is -0.482 e. The van der Waals surface area contributed by atoms with Crippen LogP contribution in [0.4, 0.5) is 0 Å². The van der Waals surface area contributed by atoms with E-state index >= 15 is 0 Å². The van der Waals surface area contributed by atoms with Crippen LogP contribution in [0.2, 0.25) is 0 Å². The molecule has 1 amide bonds. The number of rotatable bonds is 8. The number of hydrogen-bond acceptors (Lipinski definition) is 5. The van der Waals surface area contributed by atoms with Crippen LogP contribution in [0, 0.1) is 11.3 Å². The molecular formula is C23H21N3O4. The zero-order valence-electron chi connectivity index (χ0n) is 16.5. The molecule has 7 heteroatoms. The van der Waals surface area contributed by atoms with E-state index in [4.69, 9.17) is 4.74 Å². The van der Waals surface area contributed by atoms with Gasteiger partial charge in [-0.05, 0) is 41.8 Å². The predicted octanol–water partition coefficient (Wildman–Crippen LogP) is 2.99. The Bertz CT molecular complexity index is 1110. The summed E-state index contributed by atoms with van der Waals surface area (Å²) in [5.41, 5.74) is 2.84. The molecule has 0 atom stereocenters. The first-order valence-corrected chi connectivity index (χ1v) is 9.35. The average Bonchev–Trinajstić information content (AvgIpc) is 3.19. The third-order valence-electron chi connectivity index (χ3n) is 4.50. The second-order valence-corrected chi connectivity index (χ2v) is 6.47. The molecule has 1 aromatic heterocycles. The van der Waals surface area contributed by atoms with E-state index < -0.39 is 11.9 Å². The van der Waals surface area contributed by atoms with E-state index in [-0.39, 0.29) is 12.2 Å². The van der Waals surface area contributed by atoms with Crippen LogP contribution in [0.15, 0.2) is 60.3 Å². The van der Waals surface area contributed by atoms with Gasteiger partial charge >= 0.3 is 5.97 Å². The number of aromatic amines is 1. The van der Waals surface area contributed by atoms with Crippen LogP contribution in [0.1, 0.15) is 11.1 Å². The van der Waals surface area contributed by atoms with Crippen molar-refractivity contribution in [3.05, 3.63) is 71.4 Å². The van der Waals surface area contributed by atoms with E-state index in [2.05, 4.69) is 15.0 Å². The van der Waals surface area contributed by atoms with Gasteiger partial charge in [-0.3, -0.25) is 4.79 Å². The summed E-state index contributed by atoms with van der Waals surface area (Å²) in [5.74, 6) is -0.419. The van der Waals surface area contributed by atoms with Crippen molar-refractivity contribution in [2.45, 2.75) is 6.42 Å². The van der Waals surface area contributed by atoms with Gasteiger partial charge < -0.3 is 19.8 Å². The van der Waals surface area contributed by atoms with E-state index in [1.807, 2.05) is 36.5 Å². The van der Waals surface area contributed by atoms with Crippen molar-refractivity contribution >= 4 is 28.9 Å². The molecule has 0 radical (unpaired) electrons. The summed E-state index contributed by atoms with van der Waals surface area (Å²) in [6.45, 7) is 0.230. The lowest BCUT2D eigenvalue weighted by atomic mass is 10.1. The zero-order valence-corrected chi connectivity index (χ0v) is 16.5. The first-order valence-electron chi connectivity index (χ1n) is 9.35. The SMILES string of the molecule is COC(=O)COc1ccc(/C=C(/C#N)C(=O)NCCc2c[nH]c3ccccc23)cc1. The average molecular weight is 403 g/mol. The fourth-order valence-corrected chi connectivity index (χ4v) is 2.92. The Labute approximate surface area is 173 Å². The number of hydrogen-bond donors (Lipinski definition) is 2. The number of amides is 1. The van der Waals surface area contributed by atoms with Gasteiger partial charge in [0.1, 0.15) is 17.4 Å². The molecule has 0 aliphatic rings. The molecule has 1 heterocycles. The number of nitriles is 1. The Morgan fingerprint density at radius 1 is 1.17 bits per heavy atom. The van der Waals surface area contributed by atoms with E-state index in [0.29, 0.717) is 24.3 Å². The zero-order chi connectivity index (χ0) is 21.3. The van der Waals surface area contributed by atoms with Gasteiger partial charge in [-0.2, -0.15) is 5.26 Å². The van der Waals surface area contributed by atoms with E-state index in [9.17, 15) is 14.9 Å². The molecule has 2 aromatic carbocycles. The number of esters is 1. The van der Waals surface area contributed by atoms with E-state index in [1.165, 1.54) is 13.2 Å². The van der Waals surface area contributed by atoms with Gasteiger partial charge in [0, 0.05) is 23.6 Å². The number of carbonyl (C=O) groups excluding carboxylic acids is 2. The fourth-order valence-electron chi connectivity index (χ4n) is 2.92. The molecule has 7 nitrogen and oxygen atoms in total. The number of aromatic nitrogens is 1. The Morgan fingerprint density at radius 2 is 1.93 bits per heavy atom. The maximum atomic E-state index is 12.4. The summed E-state index contributed by atoms with van der Waals surface area (Å²) in [7, 11) is 1.29. The lowest BCUT2D eigenvalue weighted by Gasteiger charge is -2.06. The molecule has 2 N–H and O–H groups in total. The number of nitrogens with one attached hydrogen (secondary N) is 2. The predicted molar refractivity (Wildman–Crippen MR) is 113 cm³/mol. The highest BCUT2D eigenvalue weighted by atomic mass is 16.6. The van der Waals surface area contributed by atoms with Crippen molar-refractivity contribution in [2.75, 3.05) is 20.3 Å². The molecule has 3 rings (SSSR count). The van der Waals surface area contributed by atoms with Gasteiger partial charge in [-0.15, -0.1) is 0 Å². The third-order valence-corrected chi connectivity index (χ3v) is 4.50. The maximum Gasteiger partial charge on any atom is 0.343 e. The van der Waals surface area contributed by atoms with Gasteiger partial charge in [0.2, 0.25) is 0 Å². The molecule has 0 spiro atoms. The Balaban J connectivity index is 1.56. The summed E-state index contributed by atoms with van der Waals surface area (Å²) < 4.78 is 9.78. The number of ether oxygens (including phenoxy) is 2. The number of para-hydroxylation sites is 1. The summed E-state index contributed by atoms with van der Waals surface area (Å²) in [6, 6.07) is 16.6. The van der Waals surface area contributed by atoms with Crippen molar-refractivity contribution in [1.82, 2.24) is 10.3 Å². The smallest absolute Gasteiger partial charge is 0.343 e. The molecule has 0 fully saturated rings. The molecule has 3 aromatic rings. The molecule has 0 aliphatic heterocycles. The second kappa shape index (κ2) is 9.94. The Morgan fingerprint density at radius 3 is 2.67 bits per heavy atom. The molecule has 0 unspecified atom stereocenters.